The van der Waals surface area contributed by atoms with Crippen LogP contribution in [0, 0.1) is 0 Å². The number of β-amino-alcohol motifs (C(OH)–C–C–N with tert-alkyl or cyclic N) is 1. The Bertz CT molecular complexity index is 1420. The van der Waals surface area contributed by atoms with Crippen molar-refractivity contribution in [3.05, 3.63) is 35.0 Å². The van der Waals surface area contributed by atoms with Gasteiger partial charge >= 0.3 is 6.18 Å². The first-order chi connectivity index (χ1) is 21.0. The van der Waals surface area contributed by atoms with Gasteiger partial charge in [0.1, 0.15) is 0 Å². The van der Waals surface area contributed by atoms with Gasteiger partial charge in [-0.1, -0.05) is 6.07 Å². The van der Waals surface area contributed by atoms with Crippen LogP contribution in [0.25, 0.3) is 11.3 Å². The van der Waals surface area contributed by atoms with Crippen LogP contribution >= 0.6 is 11.8 Å². The maximum Gasteiger partial charge on any atom is 0.417 e. The van der Waals surface area contributed by atoms with Crippen LogP contribution in [0.4, 0.5) is 13.2 Å². The predicted molar refractivity (Wildman–Crippen MR) is 165 cm³/mol. The number of hydrogen-bond acceptors (Lipinski definition) is 8. The predicted octanol–water partition coefficient (Wildman–Crippen LogP) is 3.22. The van der Waals surface area contributed by atoms with E-state index < -0.39 is 27.9 Å². The molecular weight excluding hydrogens is 613 g/mol. The van der Waals surface area contributed by atoms with E-state index in [1.807, 2.05) is 0 Å². The zero-order valence-corrected chi connectivity index (χ0v) is 26.9. The van der Waals surface area contributed by atoms with Crippen molar-refractivity contribution in [3.8, 4) is 11.3 Å². The van der Waals surface area contributed by atoms with E-state index in [0.717, 1.165) is 76.5 Å². The van der Waals surface area contributed by atoms with Gasteiger partial charge in [0, 0.05) is 92.3 Å². The van der Waals surface area contributed by atoms with Crippen LogP contribution in [0.5, 0.6) is 0 Å². The molecular formula is C30H43F3N6O3S2. The molecule has 1 N–H and O–H groups in total. The number of aromatic nitrogens is 2. The van der Waals surface area contributed by atoms with E-state index in [1.165, 1.54) is 41.2 Å². The average molecular weight is 657 g/mol. The lowest BCUT2D eigenvalue weighted by Gasteiger charge is -2.35. The third-order valence-corrected chi connectivity index (χ3v) is 11.6. The van der Waals surface area contributed by atoms with Gasteiger partial charge in [0.25, 0.3) is 0 Å². The van der Waals surface area contributed by atoms with Gasteiger partial charge in [-0.15, -0.1) is 11.8 Å². The molecule has 2 saturated heterocycles. The van der Waals surface area contributed by atoms with Gasteiger partial charge in [-0.2, -0.15) is 22.6 Å². The monoisotopic (exact) mass is 656 g/mol. The van der Waals surface area contributed by atoms with E-state index in [0.29, 0.717) is 42.1 Å². The van der Waals surface area contributed by atoms with Crippen LogP contribution in [0.2, 0.25) is 0 Å². The summed E-state index contributed by atoms with van der Waals surface area (Å²) in [6.07, 6.45) is 1.22. The number of benzene rings is 1. The molecule has 9 nitrogen and oxygen atoms in total. The first kappa shape index (κ1) is 32.3. The molecule has 1 aliphatic carbocycles. The molecule has 3 fully saturated rings. The van der Waals surface area contributed by atoms with Crippen LogP contribution in [0.3, 0.4) is 0 Å². The first-order valence-corrected chi connectivity index (χ1v) is 18.5. The third kappa shape index (κ3) is 7.64. The summed E-state index contributed by atoms with van der Waals surface area (Å²) in [6.45, 7) is 7.66. The molecule has 0 spiro atoms. The standard InChI is InChI=1S/C30H43F3N6O3S2/c1-44(41,42)38-11-8-27-25(21-38)29(34-39(27)20-24(40)19-36-12-14-37(15-13-36)23-5-6-23)22-4-7-26(30(31,32)33)28(18-22)43-17-16-35-9-2-3-10-35/h4,7,18,23-24,40H,2-3,5-6,8-17,19-21H2,1H3. The van der Waals surface area contributed by atoms with Gasteiger partial charge in [0.2, 0.25) is 10.0 Å². The molecule has 1 saturated carbocycles. The molecule has 0 amide bonds. The summed E-state index contributed by atoms with van der Waals surface area (Å²) in [5, 5.41) is 15.9. The summed E-state index contributed by atoms with van der Waals surface area (Å²) in [4.78, 5) is 7.22. The number of nitrogens with zero attached hydrogens (tertiary/aromatic N) is 6. The molecule has 1 aromatic heterocycles. The Morgan fingerprint density at radius 1 is 1.02 bits per heavy atom. The van der Waals surface area contributed by atoms with Crippen molar-refractivity contribution in [2.75, 3.05) is 70.9 Å². The molecule has 6 rings (SSSR count). The minimum atomic E-state index is -4.49. The van der Waals surface area contributed by atoms with Crippen molar-refractivity contribution in [2.45, 2.75) is 68.4 Å². The Kier molecular flexibility index (Phi) is 9.69. The summed E-state index contributed by atoms with van der Waals surface area (Å²) in [7, 11) is -3.48. The number of aliphatic hydroxyl groups excluding tert-OH is 1. The number of rotatable bonds is 11. The third-order valence-electron chi connectivity index (χ3n) is 9.31. The summed E-state index contributed by atoms with van der Waals surface area (Å²) in [6, 6.07) is 4.85. The van der Waals surface area contributed by atoms with Crippen LogP contribution < -0.4 is 0 Å². The molecule has 44 heavy (non-hydrogen) atoms. The Hall–Kier alpha value is -1.68. The molecule has 4 aliphatic rings. The maximum absolute atomic E-state index is 14.0. The highest BCUT2D eigenvalue weighted by molar-refractivity contribution is 7.99. The van der Waals surface area contributed by atoms with Gasteiger partial charge in [-0.05, 0) is 50.9 Å². The molecule has 4 heterocycles. The molecule has 3 aliphatic heterocycles. The highest BCUT2D eigenvalue weighted by Crippen LogP contribution is 2.40. The molecule has 1 unspecified atom stereocenters. The Labute approximate surface area is 262 Å². The van der Waals surface area contributed by atoms with Crippen molar-refractivity contribution in [1.82, 2.24) is 28.8 Å². The van der Waals surface area contributed by atoms with Gasteiger partial charge in [-0.25, -0.2) is 8.42 Å². The summed E-state index contributed by atoms with van der Waals surface area (Å²) in [5.41, 5.74) is 1.86. The van der Waals surface area contributed by atoms with Gasteiger partial charge in [-0.3, -0.25) is 14.5 Å². The summed E-state index contributed by atoms with van der Waals surface area (Å²) >= 11 is 1.20. The van der Waals surface area contributed by atoms with Crippen molar-refractivity contribution < 1.29 is 26.7 Å². The molecule has 14 heteroatoms. The van der Waals surface area contributed by atoms with E-state index >= 15 is 0 Å². The summed E-state index contributed by atoms with van der Waals surface area (Å²) in [5.74, 6) is 0.544. The fraction of sp³-hybridized carbons (Fsp3) is 0.700. The van der Waals surface area contributed by atoms with Gasteiger partial charge in [0.15, 0.2) is 0 Å². The van der Waals surface area contributed by atoms with Crippen molar-refractivity contribution >= 4 is 21.8 Å². The lowest BCUT2D eigenvalue weighted by atomic mass is 10.0. The highest BCUT2D eigenvalue weighted by Gasteiger charge is 2.36. The Morgan fingerprint density at radius 3 is 2.41 bits per heavy atom. The molecule has 0 bridgehead atoms. The SMILES string of the molecule is CS(=O)(=O)N1CCc2c(c(-c3ccc(C(F)(F)F)c(SCCN4CCCC4)c3)nn2CC(O)CN2CCN(C3CC3)CC2)C1. The van der Waals surface area contributed by atoms with E-state index in [1.54, 1.807) is 10.7 Å². The number of halogens is 3. The van der Waals surface area contributed by atoms with Crippen molar-refractivity contribution in [1.29, 1.82) is 0 Å². The second-order valence-corrected chi connectivity index (χ2v) is 15.7. The topological polar surface area (TPSA) is 85.1 Å². The number of thioether (sulfide) groups is 1. The second kappa shape index (κ2) is 13.2. The summed E-state index contributed by atoms with van der Waals surface area (Å²) < 4.78 is 70.1. The smallest absolute Gasteiger partial charge is 0.390 e. The zero-order chi connectivity index (χ0) is 31.1. The Morgan fingerprint density at radius 2 is 1.75 bits per heavy atom. The van der Waals surface area contributed by atoms with Crippen molar-refractivity contribution in [2.24, 2.45) is 0 Å². The number of fused-ring (bicyclic) bond motifs is 1. The molecule has 0 radical (unpaired) electrons. The zero-order valence-electron chi connectivity index (χ0n) is 25.3. The van der Waals surface area contributed by atoms with Crippen LogP contribution in [-0.2, 0) is 35.7 Å². The van der Waals surface area contributed by atoms with E-state index in [9.17, 15) is 26.7 Å². The lowest BCUT2D eigenvalue weighted by molar-refractivity contribution is -0.139. The number of likely N-dealkylation sites (tertiary alicyclic amines) is 1. The van der Waals surface area contributed by atoms with E-state index in [2.05, 4.69) is 14.7 Å². The van der Waals surface area contributed by atoms with Crippen molar-refractivity contribution in [3.63, 3.8) is 0 Å². The number of sulfonamides is 1. The normalized spacial score (nSPS) is 22.0. The number of hydrogen-bond donors (Lipinski definition) is 1. The van der Waals surface area contributed by atoms with Crippen LogP contribution in [-0.4, -0.2) is 125 Å². The fourth-order valence-electron chi connectivity index (χ4n) is 6.75. The maximum atomic E-state index is 14.0. The highest BCUT2D eigenvalue weighted by atomic mass is 32.2. The van der Waals surface area contributed by atoms with Gasteiger partial charge in [0.05, 0.1) is 30.2 Å². The largest absolute Gasteiger partial charge is 0.417 e. The second-order valence-electron chi connectivity index (χ2n) is 12.6. The molecule has 1 atom stereocenters. The van der Waals surface area contributed by atoms with E-state index in [-0.39, 0.29) is 18.0 Å². The van der Waals surface area contributed by atoms with E-state index in [4.69, 9.17) is 5.10 Å². The molecule has 1 aromatic carbocycles. The molecule has 244 valence electrons. The number of alkyl halides is 3. The number of aliphatic hydroxyl groups is 1. The minimum absolute atomic E-state index is 0.0984. The van der Waals surface area contributed by atoms with Gasteiger partial charge < -0.3 is 10.0 Å². The Balaban J connectivity index is 1.24. The lowest BCUT2D eigenvalue weighted by Crippen LogP contribution is -2.49. The van der Waals surface area contributed by atoms with Crippen LogP contribution in [0.1, 0.15) is 42.5 Å². The first-order valence-electron chi connectivity index (χ1n) is 15.7. The van der Waals surface area contributed by atoms with Crippen LogP contribution in [0.15, 0.2) is 23.1 Å². The average Bonchev–Trinajstić information content (AvgIpc) is 3.57. The number of piperazine rings is 1. The molecule has 2 aromatic rings. The fourth-order valence-corrected chi connectivity index (χ4v) is 8.66. The quantitative estimate of drug-likeness (QED) is 0.370. The minimum Gasteiger partial charge on any atom is -0.390 e.